The molecule has 7 nitrogen and oxygen atoms in total. The summed E-state index contributed by atoms with van der Waals surface area (Å²) in [7, 11) is 0. The maximum absolute atomic E-state index is 16.3. The van der Waals surface area contributed by atoms with Gasteiger partial charge in [-0.3, -0.25) is 19.7 Å². The molecule has 0 aromatic heterocycles. The Morgan fingerprint density at radius 1 is 1.05 bits per heavy atom. The lowest BCUT2D eigenvalue weighted by atomic mass is 9.61. The number of rotatable bonds is 6. The molecule has 2 N–H and O–H groups in total. The smallest absolute Gasteiger partial charge is 0.255 e. The number of carbonyl (C=O) groups is 3. The average Bonchev–Trinajstić information content (AvgIpc) is 3.23. The molecule has 3 fully saturated rings. The van der Waals surface area contributed by atoms with Gasteiger partial charge in [0.15, 0.2) is 0 Å². The average molecular weight is 550 g/mol. The fraction of sp³-hybridized carbons (Fsp3) is 0.690. The molecule has 0 bridgehead atoms. The van der Waals surface area contributed by atoms with Gasteiger partial charge in [-0.25, -0.2) is 13.2 Å². The van der Waals surface area contributed by atoms with Crippen LogP contribution < -0.4 is 5.32 Å². The van der Waals surface area contributed by atoms with Gasteiger partial charge in [-0.15, -0.1) is 0 Å². The lowest BCUT2D eigenvalue weighted by Gasteiger charge is -2.54. The van der Waals surface area contributed by atoms with Gasteiger partial charge in [-0.2, -0.15) is 0 Å². The van der Waals surface area contributed by atoms with Crippen molar-refractivity contribution in [3.8, 4) is 0 Å². The number of imide groups is 1. The molecule has 0 radical (unpaired) electrons. The molecule has 214 valence electrons. The zero-order valence-electron chi connectivity index (χ0n) is 22.7. The molecule has 10 heteroatoms. The van der Waals surface area contributed by atoms with Gasteiger partial charge in [0.05, 0.1) is 6.54 Å². The molecule has 4 aliphatic rings. The minimum atomic E-state index is -2.57. The number of amides is 3. The van der Waals surface area contributed by atoms with E-state index in [4.69, 9.17) is 0 Å². The highest BCUT2D eigenvalue weighted by Gasteiger charge is 2.54. The van der Waals surface area contributed by atoms with E-state index >= 15 is 4.39 Å². The molecule has 2 unspecified atom stereocenters. The third kappa shape index (κ3) is 4.77. The number of fused-ring (bicyclic) bond motifs is 1. The molecule has 3 amide bonds. The minimum Gasteiger partial charge on any atom is -0.384 e. The van der Waals surface area contributed by atoms with Crippen molar-refractivity contribution in [1.29, 1.82) is 0 Å². The molecule has 1 aromatic carbocycles. The van der Waals surface area contributed by atoms with Crippen LogP contribution >= 0.6 is 0 Å². The van der Waals surface area contributed by atoms with E-state index in [1.807, 2.05) is 13.8 Å². The summed E-state index contributed by atoms with van der Waals surface area (Å²) in [6, 6.07) is 2.21. The number of carbonyl (C=O) groups excluding carboxylic acids is 3. The van der Waals surface area contributed by atoms with Crippen molar-refractivity contribution >= 4 is 17.7 Å². The van der Waals surface area contributed by atoms with Crippen LogP contribution in [0.4, 0.5) is 13.2 Å². The topological polar surface area (TPSA) is 89.9 Å². The molecule has 3 heterocycles. The van der Waals surface area contributed by atoms with Crippen LogP contribution in [0.3, 0.4) is 0 Å². The van der Waals surface area contributed by atoms with Crippen molar-refractivity contribution < 1.29 is 32.7 Å². The summed E-state index contributed by atoms with van der Waals surface area (Å²) in [5.41, 5.74) is -1.63. The largest absolute Gasteiger partial charge is 0.384 e. The molecular weight excluding hydrogens is 511 g/mol. The summed E-state index contributed by atoms with van der Waals surface area (Å²) in [5, 5.41) is 14.5. The Hall–Kier alpha value is -2.46. The van der Waals surface area contributed by atoms with E-state index in [9.17, 15) is 28.3 Å². The van der Waals surface area contributed by atoms with Crippen LogP contribution in [-0.4, -0.2) is 64.2 Å². The predicted octanol–water partition coefficient (Wildman–Crippen LogP) is 4.11. The first-order valence-electron chi connectivity index (χ1n) is 14.2. The van der Waals surface area contributed by atoms with E-state index in [0.29, 0.717) is 45.3 Å². The number of nitrogens with one attached hydrogen (secondary N) is 1. The highest BCUT2D eigenvalue weighted by molar-refractivity contribution is 6.05. The van der Waals surface area contributed by atoms with Crippen LogP contribution in [-0.2, 0) is 21.7 Å². The van der Waals surface area contributed by atoms with Gasteiger partial charge in [0.1, 0.15) is 17.5 Å². The summed E-state index contributed by atoms with van der Waals surface area (Å²) < 4.78 is 43.6. The number of halogens is 3. The standard InChI is InChI=1S/C29H38F3N3O4/c1-3-27(4-2)17-34(15-18-9-11-28(31,32)12-10-18)14-13-29(27,39)21-6-5-19-20(24(21)30)16-35(26(19)38)22-7-8-23(36)33-25(22)37/h5-6,18,22,39H,3-4,7-17H2,1-2H3,(H,33,36,37). The van der Waals surface area contributed by atoms with Crippen molar-refractivity contribution in [2.24, 2.45) is 11.3 Å². The van der Waals surface area contributed by atoms with Crippen LogP contribution in [0.25, 0.3) is 0 Å². The van der Waals surface area contributed by atoms with Crippen molar-refractivity contribution in [2.75, 3.05) is 19.6 Å². The minimum absolute atomic E-state index is 0.0863. The zero-order chi connectivity index (χ0) is 28.2. The maximum atomic E-state index is 16.3. The van der Waals surface area contributed by atoms with Crippen molar-refractivity contribution in [2.45, 2.75) is 95.7 Å². The van der Waals surface area contributed by atoms with Gasteiger partial charge in [-0.1, -0.05) is 19.9 Å². The maximum Gasteiger partial charge on any atom is 0.255 e. The Labute approximate surface area is 227 Å². The van der Waals surface area contributed by atoms with Gasteiger partial charge in [0.25, 0.3) is 5.91 Å². The second-order valence-electron chi connectivity index (χ2n) is 12.0. The van der Waals surface area contributed by atoms with E-state index in [-0.39, 0.29) is 67.2 Å². The van der Waals surface area contributed by atoms with Crippen molar-refractivity contribution in [3.05, 3.63) is 34.6 Å². The van der Waals surface area contributed by atoms with E-state index in [2.05, 4.69) is 10.2 Å². The van der Waals surface area contributed by atoms with E-state index in [0.717, 1.165) is 0 Å². The fourth-order valence-electron chi connectivity index (χ4n) is 7.43. The molecule has 3 aliphatic heterocycles. The third-order valence-corrected chi connectivity index (χ3v) is 9.99. The van der Waals surface area contributed by atoms with Gasteiger partial charge >= 0.3 is 0 Å². The molecule has 5 rings (SSSR count). The number of piperidine rings is 2. The monoisotopic (exact) mass is 549 g/mol. The number of alkyl halides is 2. The molecule has 1 saturated carbocycles. The number of hydrogen-bond donors (Lipinski definition) is 2. The quantitative estimate of drug-likeness (QED) is 0.522. The predicted molar refractivity (Wildman–Crippen MR) is 137 cm³/mol. The zero-order valence-corrected chi connectivity index (χ0v) is 22.7. The second kappa shape index (κ2) is 10.2. The SMILES string of the molecule is CCC1(CC)CN(CC2CCC(F)(F)CC2)CCC1(O)c1ccc2c(c1F)CN(C1CCC(=O)NC1=O)C2=O. The third-order valence-electron chi connectivity index (χ3n) is 9.99. The van der Waals surface area contributed by atoms with E-state index in [1.54, 1.807) is 6.07 Å². The number of nitrogens with zero attached hydrogens (tertiary/aromatic N) is 2. The first kappa shape index (κ1) is 28.1. The summed E-state index contributed by atoms with van der Waals surface area (Å²) >= 11 is 0. The van der Waals surface area contributed by atoms with E-state index < -0.39 is 40.6 Å². The number of benzene rings is 1. The van der Waals surface area contributed by atoms with E-state index in [1.165, 1.54) is 11.0 Å². The van der Waals surface area contributed by atoms with Gasteiger partial charge in [0.2, 0.25) is 17.7 Å². The summed E-state index contributed by atoms with van der Waals surface area (Å²) in [6.45, 7) is 5.61. The summed E-state index contributed by atoms with van der Waals surface area (Å²) in [4.78, 5) is 40.7. The lowest BCUT2D eigenvalue weighted by Crippen LogP contribution is -2.58. The Balaban J connectivity index is 1.38. The van der Waals surface area contributed by atoms with Crippen LogP contribution in [0.5, 0.6) is 0 Å². The second-order valence-corrected chi connectivity index (χ2v) is 12.0. The molecule has 2 saturated heterocycles. The molecule has 1 aliphatic carbocycles. The summed E-state index contributed by atoms with van der Waals surface area (Å²) in [6.07, 6.45) is 2.57. The molecule has 2 atom stereocenters. The van der Waals surface area contributed by atoms with Crippen LogP contribution in [0, 0.1) is 17.2 Å². The summed E-state index contributed by atoms with van der Waals surface area (Å²) in [5.74, 6) is -4.41. The van der Waals surface area contributed by atoms with Crippen molar-refractivity contribution in [3.63, 3.8) is 0 Å². The van der Waals surface area contributed by atoms with Crippen LogP contribution in [0.2, 0.25) is 0 Å². The Kier molecular flexibility index (Phi) is 7.33. The molecule has 0 spiro atoms. The van der Waals surface area contributed by atoms with Crippen LogP contribution in [0.1, 0.15) is 93.1 Å². The van der Waals surface area contributed by atoms with Gasteiger partial charge in [0, 0.05) is 61.0 Å². The highest BCUT2D eigenvalue weighted by Crippen LogP contribution is 2.52. The molecule has 1 aromatic rings. The Morgan fingerprint density at radius 3 is 2.38 bits per heavy atom. The first-order chi connectivity index (χ1) is 18.4. The number of likely N-dealkylation sites (tertiary alicyclic amines) is 1. The van der Waals surface area contributed by atoms with Crippen molar-refractivity contribution in [1.82, 2.24) is 15.1 Å². The highest BCUT2D eigenvalue weighted by atomic mass is 19.3. The Bertz CT molecular complexity index is 1160. The fourth-order valence-corrected chi connectivity index (χ4v) is 7.43. The number of aliphatic hydroxyl groups is 1. The molecule has 39 heavy (non-hydrogen) atoms. The first-order valence-corrected chi connectivity index (χ1v) is 14.2. The lowest BCUT2D eigenvalue weighted by molar-refractivity contribution is -0.152. The Morgan fingerprint density at radius 2 is 1.74 bits per heavy atom. The van der Waals surface area contributed by atoms with Gasteiger partial charge < -0.3 is 14.9 Å². The van der Waals surface area contributed by atoms with Gasteiger partial charge in [-0.05, 0) is 50.5 Å². The number of hydrogen-bond acceptors (Lipinski definition) is 5. The normalized spacial score (nSPS) is 29.4. The van der Waals surface area contributed by atoms with Crippen LogP contribution in [0.15, 0.2) is 12.1 Å². The molecular formula is C29H38F3N3O4.